The number of carboxylic acids is 1. The first-order valence-corrected chi connectivity index (χ1v) is 6.56. The molecule has 7 heteroatoms. The second-order valence-electron chi connectivity index (χ2n) is 5.73. The minimum atomic E-state index is -1.21. The smallest absolute Gasteiger partial charge is 0.410 e. The molecule has 0 aromatic carbocycles. The Morgan fingerprint density at radius 3 is 2.20 bits per heavy atom. The summed E-state index contributed by atoms with van der Waals surface area (Å²) in [6, 6.07) is 0. The molecule has 1 aliphatic heterocycles. The predicted octanol–water partition coefficient (Wildman–Crippen LogP) is 1.40. The van der Waals surface area contributed by atoms with Gasteiger partial charge in [-0.2, -0.15) is 0 Å². The number of carboxylic acid groups (broad SMARTS) is 1. The number of carbonyl (C=O) groups is 3. The Morgan fingerprint density at radius 1 is 1.20 bits per heavy atom. The molecule has 1 saturated heterocycles. The number of ether oxygens (including phenoxy) is 2. The zero-order valence-corrected chi connectivity index (χ0v) is 12.0. The molecule has 1 aliphatic rings. The SMILES string of the molecule is CC(C)(C)OC(=O)N1CCC(OC(=O)CC(=O)O)CC1. The van der Waals surface area contributed by atoms with Gasteiger partial charge >= 0.3 is 18.0 Å². The van der Waals surface area contributed by atoms with Crippen LogP contribution in [0.2, 0.25) is 0 Å². The Labute approximate surface area is 117 Å². The Bertz CT molecular complexity index is 379. The third kappa shape index (κ3) is 5.90. The van der Waals surface area contributed by atoms with Gasteiger partial charge in [0.15, 0.2) is 0 Å². The number of hydrogen-bond acceptors (Lipinski definition) is 5. The van der Waals surface area contributed by atoms with Crippen molar-refractivity contribution in [3.8, 4) is 0 Å². The van der Waals surface area contributed by atoms with Crippen LogP contribution in [0.3, 0.4) is 0 Å². The lowest BCUT2D eigenvalue weighted by Gasteiger charge is -2.33. The van der Waals surface area contributed by atoms with Gasteiger partial charge in [0.05, 0.1) is 0 Å². The second-order valence-corrected chi connectivity index (χ2v) is 5.73. The average Bonchev–Trinajstić information content (AvgIpc) is 2.26. The van der Waals surface area contributed by atoms with Gasteiger partial charge in [-0.25, -0.2) is 4.79 Å². The Morgan fingerprint density at radius 2 is 1.75 bits per heavy atom. The number of aliphatic carboxylic acids is 1. The fourth-order valence-corrected chi connectivity index (χ4v) is 1.83. The van der Waals surface area contributed by atoms with Crippen LogP contribution < -0.4 is 0 Å². The molecule has 0 aromatic rings. The number of piperidine rings is 1. The van der Waals surface area contributed by atoms with Crippen LogP contribution in [0.1, 0.15) is 40.0 Å². The summed E-state index contributed by atoms with van der Waals surface area (Å²) in [5.74, 6) is -1.95. The third-order valence-electron chi connectivity index (χ3n) is 2.69. The third-order valence-corrected chi connectivity index (χ3v) is 2.69. The molecule has 0 aromatic heterocycles. The van der Waals surface area contributed by atoms with E-state index in [0.717, 1.165) is 0 Å². The standard InChI is InChI=1S/C13H21NO6/c1-13(2,3)20-12(18)14-6-4-9(5-7-14)19-11(17)8-10(15)16/h9H,4-8H2,1-3H3,(H,15,16). The fraction of sp³-hybridized carbons (Fsp3) is 0.769. The number of hydrogen-bond donors (Lipinski definition) is 1. The van der Waals surface area contributed by atoms with Crippen molar-refractivity contribution >= 4 is 18.0 Å². The highest BCUT2D eigenvalue weighted by Crippen LogP contribution is 2.17. The van der Waals surface area contributed by atoms with Gasteiger partial charge in [0, 0.05) is 25.9 Å². The maximum Gasteiger partial charge on any atom is 0.410 e. The normalized spacial score (nSPS) is 16.6. The van der Waals surface area contributed by atoms with E-state index in [9.17, 15) is 14.4 Å². The van der Waals surface area contributed by atoms with Crippen molar-refractivity contribution in [3.63, 3.8) is 0 Å². The van der Waals surface area contributed by atoms with Crippen molar-refractivity contribution < 1.29 is 29.0 Å². The van der Waals surface area contributed by atoms with Crippen molar-refractivity contribution in [2.75, 3.05) is 13.1 Å². The molecular formula is C13H21NO6. The van der Waals surface area contributed by atoms with Crippen LogP contribution in [0.25, 0.3) is 0 Å². The summed E-state index contributed by atoms with van der Waals surface area (Å²) in [7, 11) is 0. The van der Waals surface area contributed by atoms with E-state index >= 15 is 0 Å². The summed E-state index contributed by atoms with van der Waals surface area (Å²) in [5, 5.41) is 8.47. The lowest BCUT2D eigenvalue weighted by molar-refractivity contribution is -0.156. The molecule has 1 N–H and O–H groups in total. The van der Waals surface area contributed by atoms with Gasteiger partial charge in [0.25, 0.3) is 0 Å². The van der Waals surface area contributed by atoms with Crippen molar-refractivity contribution in [3.05, 3.63) is 0 Å². The Balaban J connectivity index is 2.35. The zero-order valence-electron chi connectivity index (χ0n) is 12.0. The van der Waals surface area contributed by atoms with Gasteiger partial charge in [0.1, 0.15) is 18.1 Å². The van der Waals surface area contributed by atoms with Gasteiger partial charge in [-0.3, -0.25) is 9.59 Å². The van der Waals surface area contributed by atoms with Gasteiger partial charge in [-0.15, -0.1) is 0 Å². The molecule has 1 amide bonds. The first-order valence-electron chi connectivity index (χ1n) is 6.56. The summed E-state index contributed by atoms with van der Waals surface area (Å²) < 4.78 is 10.3. The lowest BCUT2D eigenvalue weighted by Crippen LogP contribution is -2.43. The molecular weight excluding hydrogens is 266 g/mol. The predicted molar refractivity (Wildman–Crippen MR) is 69.2 cm³/mol. The van der Waals surface area contributed by atoms with Crippen molar-refractivity contribution in [2.45, 2.75) is 51.7 Å². The average molecular weight is 287 g/mol. The van der Waals surface area contributed by atoms with Crippen LogP contribution in [-0.2, 0) is 19.1 Å². The van der Waals surface area contributed by atoms with Crippen molar-refractivity contribution in [2.24, 2.45) is 0 Å². The summed E-state index contributed by atoms with van der Waals surface area (Å²) in [5.41, 5.74) is -0.540. The first-order chi connectivity index (χ1) is 9.17. The minimum absolute atomic E-state index is 0.333. The Kier molecular flexibility index (Phi) is 5.35. The summed E-state index contributed by atoms with van der Waals surface area (Å²) in [6.07, 6.45) is -0.366. The van der Waals surface area contributed by atoms with E-state index in [1.165, 1.54) is 0 Å². The van der Waals surface area contributed by atoms with E-state index in [1.807, 2.05) is 0 Å². The van der Waals surface area contributed by atoms with Crippen molar-refractivity contribution in [1.29, 1.82) is 0 Å². The molecule has 0 unspecified atom stereocenters. The van der Waals surface area contributed by atoms with Crippen LogP contribution in [0.15, 0.2) is 0 Å². The van der Waals surface area contributed by atoms with E-state index < -0.39 is 24.0 Å². The number of esters is 1. The van der Waals surface area contributed by atoms with E-state index in [-0.39, 0.29) is 12.2 Å². The zero-order chi connectivity index (χ0) is 15.3. The maximum atomic E-state index is 11.8. The Hall–Kier alpha value is -1.79. The first kappa shape index (κ1) is 16.3. The molecule has 1 rings (SSSR count). The highest BCUT2D eigenvalue weighted by molar-refractivity contribution is 5.90. The molecule has 0 bridgehead atoms. The summed E-state index contributed by atoms with van der Waals surface area (Å²) in [6.45, 7) is 6.25. The number of rotatable bonds is 3. The molecule has 0 spiro atoms. The number of likely N-dealkylation sites (tertiary alicyclic amines) is 1. The monoisotopic (exact) mass is 287 g/mol. The van der Waals surface area contributed by atoms with Crippen LogP contribution in [0.4, 0.5) is 4.79 Å². The molecule has 0 radical (unpaired) electrons. The number of amides is 1. The van der Waals surface area contributed by atoms with E-state index in [2.05, 4.69) is 0 Å². The largest absolute Gasteiger partial charge is 0.481 e. The topological polar surface area (TPSA) is 93.1 Å². The lowest BCUT2D eigenvalue weighted by atomic mass is 10.1. The highest BCUT2D eigenvalue weighted by Gasteiger charge is 2.28. The van der Waals surface area contributed by atoms with E-state index in [1.54, 1.807) is 25.7 Å². The van der Waals surface area contributed by atoms with Crippen LogP contribution in [-0.4, -0.2) is 52.8 Å². The molecule has 0 saturated carbocycles. The van der Waals surface area contributed by atoms with E-state index in [4.69, 9.17) is 14.6 Å². The second kappa shape index (κ2) is 6.58. The molecule has 1 fully saturated rings. The quantitative estimate of drug-likeness (QED) is 0.623. The van der Waals surface area contributed by atoms with Gasteiger partial charge in [-0.05, 0) is 20.8 Å². The van der Waals surface area contributed by atoms with Crippen LogP contribution in [0.5, 0.6) is 0 Å². The van der Waals surface area contributed by atoms with Gasteiger partial charge < -0.3 is 19.5 Å². The summed E-state index contributed by atoms with van der Waals surface area (Å²) >= 11 is 0. The molecule has 1 heterocycles. The minimum Gasteiger partial charge on any atom is -0.481 e. The van der Waals surface area contributed by atoms with Crippen LogP contribution >= 0.6 is 0 Å². The summed E-state index contributed by atoms with van der Waals surface area (Å²) in [4.78, 5) is 34.9. The van der Waals surface area contributed by atoms with Crippen LogP contribution in [0, 0.1) is 0 Å². The highest BCUT2D eigenvalue weighted by atomic mass is 16.6. The molecule has 114 valence electrons. The van der Waals surface area contributed by atoms with Gasteiger partial charge in [0.2, 0.25) is 0 Å². The number of nitrogens with zero attached hydrogens (tertiary/aromatic N) is 1. The van der Waals surface area contributed by atoms with E-state index in [0.29, 0.717) is 25.9 Å². The number of carbonyl (C=O) groups excluding carboxylic acids is 2. The molecule has 0 aliphatic carbocycles. The molecule has 20 heavy (non-hydrogen) atoms. The molecule has 0 atom stereocenters. The maximum absolute atomic E-state index is 11.8. The molecule has 7 nitrogen and oxygen atoms in total. The van der Waals surface area contributed by atoms with Gasteiger partial charge in [-0.1, -0.05) is 0 Å². The van der Waals surface area contributed by atoms with Crippen molar-refractivity contribution in [1.82, 2.24) is 4.90 Å². The fourth-order valence-electron chi connectivity index (χ4n) is 1.83.